The molecule has 1 aliphatic rings. The first-order chi connectivity index (χ1) is 9.24. The molecule has 2 heterocycles. The molecule has 0 spiro atoms. The van der Waals surface area contributed by atoms with Crippen LogP contribution in [0.4, 0.5) is 0 Å². The number of aromatic amines is 1. The zero-order valence-electron chi connectivity index (χ0n) is 10.9. The van der Waals surface area contributed by atoms with Crippen molar-refractivity contribution in [3.05, 3.63) is 36.0 Å². The molecule has 3 N–H and O–H groups in total. The van der Waals surface area contributed by atoms with Gasteiger partial charge in [-0.2, -0.15) is 0 Å². The summed E-state index contributed by atoms with van der Waals surface area (Å²) < 4.78 is 0. The van der Waals surface area contributed by atoms with Crippen LogP contribution >= 0.6 is 0 Å². The summed E-state index contributed by atoms with van der Waals surface area (Å²) >= 11 is 0. The smallest absolute Gasteiger partial charge is 0.178 e. The number of nitrogens with zero attached hydrogens (tertiary/aromatic N) is 1. The van der Waals surface area contributed by atoms with Crippen LogP contribution in [-0.2, 0) is 0 Å². The zero-order chi connectivity index (χ0) is 13.2. The molecule has 1 saturated heterocycles. The van der Waals surface area contributed by atoms with E-state index in [0.29, 0.717) is 6.54 Å². The summed E-state index contributed by atoms with van der Waals surface area (Å²) in [5, 5.41) is 1.01. The molecular weight excluding hydrogens is 238 g/mol. The van der Waals surface area contributed by atoms with Gasteiger partial charge in [-0.1, -0.05) is 18.2 Å². The maximum absolute atomic E-state index is 12.4. The molecule has 1 unspecified atom stereocenters. The Bertz CT molecular complexity index is 590. The molecule has 19 heavy (non-hydrogen) atoms. The molecule has 0 radical (unpaired) electrons. The van der Waals surface area contributed by atoms with Gasteiger partial charge in [0.1, 0.15) is 0 Å². The van der Waals surface area contributed by atoms with Crippen molar-refractivity contribution in [3.8, 4) is 0 Å². The van der Waals surface area contributed by atoms with Crippen LogP contribution in [0.2, 0.25) is 0 Å². The van der Waals surface area contributed by atoms with E-state index in [0.717, 1.165) is 42.4 Å². The number of piperidine rings is 1. The summed E-state index contributed by atoms with van der Waals surface area (Å²) in [6.07, 6.45) is 3.97. The Balaban J connectivity index is 1.76. The minimum Gasteiger partial charge on any atom is -0.360 e. The molecular formula is C15H19N3O. The molecule has 2 aromatic rings. The number of fused-ring (bicyclic) bond motifs is 1. The summed E-state index contributed by atoms with van der Waals surface area (Å²) in [4.78, 5) is 17.7. The Labute approximate surface area is 112 Å². The van der Waals surface area contributed by atoms with Gasteiger partial charge in [-0.3, -0.25) is 9.69 Å². The number of ketones is 1. The lowest BCUT2D eigenvalue weighted by Crippen LogP contribution is -2.44. The van der Waals surface area contributed by atoms with Gasteiger partial charge in [0, 0.05) is 35.2 Å². The fourth-order valence-corrected chi connectivity index (χ4v) is 2.83. The van der Waals surface area contributed by atoms with Gasteiger partial charge in [0.25, 0.3) is 0 Å². The second-order valence-corrected chi connectivity index (χ2v) is 5.31. The molecule has 3 rings (SSSR count). The van der Waals surface area contributed by atoms with E-state index in [4.69, 9.17) is 5.73 Å². The standard InChI is InChI=1S/C15H19N3O/c16-11-4-3-7-18(9-11)10-15(19)13-8-17-14-6-2-1-5-12(13)14/h1-2,5-6,8,11,17H,3-4,7,9-10,16H2. The van der Waals surface area contributed by atoms with E-state index in [1.807, 2.05) is 30.5 Å². The van der Waals surface area contributed by atoms with Gasteiger partial charge in [-0.05, 0) is 25.5 Å². The van der Waals surface area contributed by atoms with Crippen molar-refractivity contribution in [1.82, 2.24) is 9.88 Å². The van der Waals surface area contributed by atoms with Crippen molar-refractivity contribution >= 4 is 16.7 Å². The van der Waals surface area contributed by atoms with Crippen LogP contribution in [0.5, 0.6) is 0 Å². The van der Waals surface area contributed by atoms with E-state index >= 15 is 0 Å². The average molecular weight is 257 g/mol. The first kappa shape index (κ1) is 12.4. The number of H-pyrrole nitrogens is 1. The highest BCUT2D eigenvalue weighted by molar-refractivity contribution is 6.08. The molecule has 0 aliphatic carbocycles. The van der Waals surface area contributed by atoms with Crippen LogP contribution in [0, 0.1) is 0 Å². The molecule has 1 aromatic carbocycles. The fourth-order valence-electron chi connectivity index (χ4n) is 2.83. The number of para-hydroxylation sites is 1. The normalized spacial score (nSPS) is 20.8. The van der Waals surface area contributed by atoms with E-state index < -0.39 is 0 Å². The molecule has 1 atom stereocenters. The number of rotatable bonds is 3. The third kappa shape index (κ3) is 2.55. The topological polar surface area (TPSA) is 62.1 Å². The lowest BCUT2D eigenvalue weighted by atomic mass is 10.0. The summed E-state index contributed by atoms with van der Waals surface area (Å²) in [6.45, 7) is 2.27. The molecule has 100 valence electrons. The van der Waals surface area contributed by atoms with E-state index in [2.05, 4.69) is 9.88 Å². The number of likely N-dealkylation sites (tertiary alicyclic amines) is 1. The molecule has 1 aliphatic heterocycles. The summed E-state index contributed by atoms with van der Waals surface area (Å²) in [7, 11) is 0. The predicted molar refractivity (Wildman–Crippen MR) is 76.3 cm³/mol. The predicted octanol–water partition coefficient (Wildman–Crippen LogP) is 1.77. The maximum Gasteiger partial charge on any atom is 0.178 e. The summed E-state index contributed by atoms with van der Waals surface area (Å²) in [5.74, 6) is 0.173. The minimum absolute atomic E-state index is 0.173. The number of nitrogens with one attached hydrogen (secondary N) is 1. The van der Waals surface area contributed by atoms with E-state index in [1.54, 1.807) is 0 Å². The quantitative estimate of drug-likeness (QED) is 0.824. The van der Waals surface area contributed by atoms with Gasteiger partial charge in [0.05, 0.1) is 6.54 Å². The second-order valence-electron chi connectivity index (χ2n) is 5.31. The highest BCUT2D eigenvalue weighted by Gasteiger charge is 2.20. The fraction of sp³-hybridized carbons (Fsp3) is 0.400. The Morgan fingerprint density at radius 2 is 2.26 bits per heavy atom. The van der Waals surface area contributed by atoms with Crippen LogP contribution in [-0.4, -0.2) is 41.3 Å². The van der Waals surface area contributed by atoms with Crippen molar-refractivity contribution < 1.29 is 4.79 Å². The largest absolute Gasteiger partial charge is 0.360 e. The third-order valence-electron chi connectivity index (χ3n) is 3.80. The third-order valence-corrected chi connectivity index (χ3v) is 3.80. The first-order valence-electron chi connectivity index (χ1n) is 6.81. The highest BCUT2D eigenvalue weighted by atomic mass is 16.1. The molecule has 0 saturated carbocycles. The number of benzene rings is 1. The number of hydrogen-bond donors (Lipinski definition) is 2. The van der Waals surface area contributed by atoms with Crippen molar-refractivity contribution in [1.29, 1.82) is 0 Å². The second kappa shape index (κ2) is 5.15. The van der Waals surface area contributed by atoms with Crippen molar-refractivity contribution in [3.63, 3.8) is 0 Å². The monoisotopic (exact) mass is 257 g/mol. The average Bonchev–Trinajstić information content (AvgIpc) is 2.82. The highest BCUT2D eigenvalue weighted by Crippen LogP contribution is 2.19. The zero-order valence-corrected chi connectivity index (χ0v) is 10.9. The Hall–Kier alpha value is -1.65. The number of carbonyl (C=O) groups is 1. The molecule has 4 heteroatoms. The van der Waals surface area contributed by atoms with Crippen LogP contribution in [0.15, 0.2) is 30.5 Å². The first-order valence-corrected chi connectivity index (χ1v) is 6.81. The summed E-state index contributed by atoms with van der Waals surface area (Å²) in [5.41, 5.74) is 7.75. The van der Waals surface area contributed by atoms with Gasteiger partial charge in [0.2, 0.25) is 0 Å². The van der Waals surface area contributed by atoms with Crippen molar-refractivity contribution in [2.75, 3.05) is 19.6 Å². The molecule has 1 fully saturated rings. The number of carbonyl (C=O) groups excluding carboxylic acids is 1. The number of nitrogens with two attached hydrogens (primary N) is 1. The Morgan fingerprint density at radius 1 is 1.42 bits per heavy atom. The molecule has 0 bridgehead atoms. The Kier molecular flexibility index (Phi) is 3.36. The van der Waals surface area contributed by atoms with Gasteiger partial charge in [-0.15, -0.1) is 0 Å². The molecule has 4 nitrogen and oxygen atoms in total. The van der Waals surface area contributed by atoms with Gasteiger partial charge in [-0.25, -0.2) is 0 Å². The molecule has 1 aromatic heterocycles. The number of hydrogen-bond acceptors (Lipinski definition) is 3. The van der Waals surface area contributed by atoms with Crippen LogP contribution in [0.1, 0.15) is 23.2 Å². The van der Waals surface area contributed by atoms with E-state index in [-0.39, 0.29) is 11.8 Å². The van der Waals surface area contributed by atoms with Gasteiger partial charge < -0.3 is 10.7 Å². The van der Waals surface area contributed by atoms with Crippen LogP contribution in [0.3, 0.4) is 0 Å². The van der Waals surface area contributed by atoms with E-state index in [1.165, 1.54) is 0 Å². The van der Waals surface area contributed by atoms with Crippen molar-refractivity contribution in [2.45, 2.75) is 18.9 Å². The SMILES string of the molecule is NC1CCCN(CC(=O)c2c[nH]c3ccccc23)C1. The number of Topliss-reactive ketones (excluding diaryl/α,β-unsaturated/α-hetero) is 1. The van der Waals surface area contributed by atoms with Crippen LogP contribution < -0.4 is 5.73 Å². The lowest BCUT2D eigenvalue weighted by molar-refractivity contribution is 0.0910. The molecule has 0 amide bonds. The summed E-state index contributed by atoms with van der Waals surface area (Å²) in [6, 6.07) is 8.12. The van der Waals surface area contributed by atoms with Crippen LogP contribution in [0.25, 0.3) is 10.9 Å². The van der Waals surface area contributed by atoms with Gasteiger partial charge >= 0.3 is 0 Å². The Morgan fingerprint density at radius 3 is 3.11 bits per heavy atom. The van der Waals surface area contributed by atoms with E-state index in [9.17, 15) is 4.79 Å². The maximum atomic E-state index is 12.4. The minimum atomic E-state index is 0.173. The van der Waals surface area contributed by atoms with Gasteiger partial charge in [0.15, 0.2) is 5.78 Å². The van der Waals surface area contributed by atoms with Crippen molar-refractivity contribution in [2.24, 2.45) is 5.73 Å². The number of aromatic nitrogens is 1. The lowest BCUT2D eigenvalue weighted by Gasteiger charge is -2.29.